The molecular weight excluding hydrogens is 240 g/mol. The van der Waals surface area contributed by atoms with E-state index in [0.29, 0.717) is 31.3 Å². The van der Waals surface area contributed by atoms with Gasteiger partial charge >= 0.3 is 0 Å². The summed E-state index contributed by atoms with van der Waals surface area (Å²) >= 11 is 5.90. The second-order valence-electron chi connectivity index (χ2n) is 3.79. The summed E-state index contributed by atoms with van der Waals surface area (Å²) in [6.45, 7) is 4.22. The first-order valence-electron chi connectivity index (χ1n) is 5.49. The summed E-state index contributed by atoms with van der Waals surface area (Å²) in [5, 5.41) is 4.11. The molecule has 0 N–H and O–H groups in total. The number of hydrazine groups is 1. The van der Waals surface area contributed by atoms with Crippen LogP contribution in [0.5, 0.6) is 0 Å². The molecule has 0 atom stereocenters. The Hall–Kier alpha value is -1.10. The number of benzene rings is 1. The monoisotopic (exact) mass is 253 g/mol. The SMILES string of the molecule is CC(=O)N(c1cc[c]c(Cl)c1)N1CCOCC1. The maximum absolute atomic E-state index is 11.7. The molecule has 0 aromatic heterocycles. The van der Waals surface area contributed by atoms with E-state index in [0.717, 1.165) is 5.69 Å². The van der Waals surface area contributed by atoms with Gasteiger partial charge < -0.3 is 4.74 Å². The first kappa shape index (κ1) is 12.4. The zero-order valence-electron chi connectivity index (χ0n) is 9.65. The third-order valence-electron chi connectivity index (χ3n) is 2.56. The molecule has 0 saturated carbocycles. The highest BCUT2D eigenvalue weighted by atomic mass is 35.5. The highest BCUT2D eigenvalue weighted by molar-refractivity contribution is 6.30. The maximum atomic E-state index is 11.7. The smallest absolute Gasteiger partial charge is 0.238 e. The number of hydrogen-bond donors (Lipinski definition) is 0. The summed E-state index contributed by atoms with van der Waals surface area (Å²) in [6.07, 6.45) is 0. The summed E-state index contributed by atoms with van der Waals surface area (Å²) in [7, 11) is 0. The minimum Gasteiger partial charge on any atom is -0.379 e. The van der Waals surface area contributed by atoms with Gasteiger partial charge in [-0.05, 0) is 12.1 Å². The minimum absolute atomic E-state index is 0.0332. The van der Waals surface area contributed by atoms with Crippen LogP contribution in [0.1, 0.15) is 6.92 Å². The first-order chi connectivity index (χ1) is 8.18. The van der Waals surface area contributed by atoms with Gasteiger partial charge in [-0.1, -0.05) is 17.7 Å². The van der Waals surface area contributed by atoms with Crippen molar-refractivity contribution < 1.29 is 9.53 Å². The number of amides is 1. The Morgan fingerprint density at radius 3 is 2.82 bits per heavy atom. The summed E-state index contributed by atoms with van der Waals surface area (Å²) in [5.41, 5.74) is 0.767. The third kappa shape index (κ3) is 2.97. The number of nitrogens with zero attached hydrogens (tertiary/aromatic N) is 2. The van der Waals surface area contributed by atoms with Crippen molar-refractivity contribution in [1.82, 2.24) is 5.01 Å². The molecule has 0 bridgehead atoms. The third-order valence-corrected chi connectivity index (χ3v) is 2.78. The molecule has 0 spiro atoms. The van der Waals surface area contributed by atoms with Crippen molar-refractivity contribution in [3.63, 3.8) is 0 Å². The fraction of sp³-hybridized carbons (Fsp3) is 0.417. The average molecular weight is 254 g/mol. The van der Waals surface area contributed by atoms with Gasteiger partial charge in [-0.2, -0.15) is 0 Å². The van der Waals surface area contributed by atoms with E-state index in [2.05, 4.69) is 6.07 Å². The van der Waals surface area contributed by atoms with Gasteiger partial charge in [0, 0.05) is 26.1 Å². The zero-order valence-corrected chi connectivity index (χ0v) is 10.4. The van der Waals surface area contributed by atoms with Gasteiger partial charge in [0.05, 0.1) is 23.9 Å². The van der Waals surface area contributed by atoms with Crippen LogP contribution in [0.3, 0.4) is 0 Å². The van der Waals surface area contributed by atoms with E-state index in [9.17, 15) is 4.79 Å². The molecule has 1 aliphatic rings. The van der Waals surface area contributed by atoms with E-state index >= 15 is 0 Å². The molecule has 2 rings (SSSR count). The Balaban J connectivity index is 2.25. The lowest BCUT2D eigenvalue weighted by molar-refractivity contribution is -0.120. The molecule has 1 saturated heterocycles. The zero-order chi connectivity index (χ0) is 12.3. The summed E-state index contributed by atoms with van der Waals surface area (Å²) in [6, 6.07) is 8.13. The van der Waals surface area contributed by atoms with Gasteiger partial charge in [-0.25, -0.2) is 10.0 Å². The van der Waals surface area contributed by atoms with Crippen LogP contribution in [0, 0.1) is 6.07 Å². The summed E-state index contributed by atoms with van der Waals surface area (Å²) < 4.78 is 5.28. The fourth-order valence-electron chi connectivity index (χ4n) is 1.86. The highest BCUT2D eigenvalue weighted by Crippen LogP contribution is 2.21. The molecular formula is C12H14ClN2O2. The fourth-order valence-corrected chi connectivity index (χ4v) is 2.03. The molecule has 5 heteroatoms. The number of ether oxygens (including phenoxy) is 1. The molecule has 1 radical (unpaired) electrons. The Bertz CT molecular complexity index is 405. The summed E-state index contributed by atoms with van der Waals surface area (Å²) in [5.74, 6) is -0.0332. The van der Waals surface area contributed by atoms with Crippen LogP contribution in [0.2, 0.25) is 5.02 Å². The van der Waals surface area contributed by atoms with Crippen LogP contribution in [0.25, 0.3) is 0 Å². The molecule has 0 aliphatic carbocycles. The van der Waals surface area contributed by atoms with E-state index < -0.39 is 0 Å². The molecule has 1 heterocycles. The van der Waals surface area contributed by atoms with Gasteiger partial charge in [0.25, 0.3) is 0 Å². The Morgan fingerprint density at radius 1 is 1.53 bits per heavy atom. The standard InChI is InChI=1S/C12H14ClN2O2/c1-10(16)15(14-5-7-17-8-6-14)12-4-2-3-11(13)9-12/h2,4,9H,5-8H2,1H3. The largest absolute Gasteiger partial charge is 0.379 e. The molecule has 4 nitrogen and oxygen atoms in total. The molecule has 1 aromatic carbocycles. The number of hydrogen-bond acceptors (Lipinski definition) is 3. The lowest BCUT2D eigenvalue weighted by Crippen LogP contribution is -2.51. The number of halogens is 1. The second-order valence-corrected chi connectivity index (χ2v) is 4.20. The van der Waals surface area contributed by atoms with Gasteiger partial charge in [-0.3, -0.25) is 4.79 Å². The van der Waals surface area contributed by atoms with Crippen LogP contribution in [0.4, 0.5) is 5.69 Å². The molecule has 1 aliphatic heterocycles. The Morgan fingerprint density at radius 2 is 2.24 bits per heavy atom. The number of morpholine rings is 1. The minimum atomic E-state index is -0.0332. The van der Waals surface area contributed by atoms with E-state index in [1.54, 1.807) is 24.1 Å². The Labute approximate surface area is 106 Å². The number of carbonyl (C=O) groups is 1. The first-order valence-corrected chi connectivity index (χ1v) is 5.87. The quantitative estimate of drug-likeness (QED) is 0.805. The van der Waals surface area contributed by atoms with Crippen molar-refractivity contribution in [2.24, 2.45) is 0 Å². The predicted molar refractivity (Wildman–Crippen MR) is 65.8 cm³/mol. The van der Waals surface area contributed by atoms with Crippen molar-refractivity contribution in [3.8, 4) is 0 Å². The van der Waals surface area contributed by atoms with E-state index in [-0.39, 0.29) is 5.91 Å². The van der Waals surface area contributed by atoms with Gasteiger partial charge in [-0.15, -0.1) is 0 Å². The van der Waals surface area contributed by atoms with Crippen LogP contribution in [0.15, 0.2) is 18.2 Å². The average Bonchev–Trinajstić information content (AvgIpc) is 2.30. The molecule has 1 fully saturated rings. The molecule has 1 amide bonds. The Kier molecular flexibility index (Phi) is 3.99. The second kappa shape index (κ2) is 5.49. The van der Waals surface area contributed by atoms with E-state index in [4.69, 9.17) is 16.3 Å². The molecule has 1 aromatic rings. The van der Waals surface area contributed by atoms with Crippen molar-refractivity contribution in [3.05, 3.63) is 29.3 Å². The van der Waals surface area contributed by atoms with Crippen LogP contribution in [-0.2, 0) is 9.53 Å². The van der Waals surface area contributed by atoms with Crippen LogP contribution in [-0.4, -0.2) is 37.2 Å². The topological polar surface area (TPSA) is 32.8 Å². The number of carbonyl (C=O) groups excluding carboxylic acids is 1. The normalized spacial score (nSPS) is 16.8. The van der Waals surface area contributed by atoms with E-state index in [1.807, 2.05) is 11.1 Å². The number of rotatable bonds is 2. The van der Waals surface area contributed by atoms with Crippen LogP contribution >= 0.6 is 11.6 Å². The van der Waals surface area contributed by atoms with Crippen molar-refractivity contribution in [2.75, 3.05) is 31.3 Å². The molecule has 17 heavy (non-hydrogen) atoms. The van der Waals surface area contributed by atoms with Gasteiger partial charge in [0.2, 0.25) is 5.91 Å². The van der Waals surface area contributed by atoms with Crippen molar-refractivity contribution in [2.45, 2.75) is 6.92 Å². The van der Waals surface area contributed by atoms with Crippen LogP contribution < -0.4 is 5.01 Å². The highest BCUT2D eigenvalue weighted by Gasteiger charge is 2.22. The molecule has 0 unspecified atom stereocenters. The maximum Gasteiger partial charge on any atom is 0.238 e. The van der Waals surface area contributed by atoms with Crippen molar-refractivity contribution >= 4 is 23.2 Å². The lowest BCUT2D eigenvalue weighted by atomic mass is 10.3. The molecule has 91 valence electrons. The van der Waals surface area contributed by atoms with Gasteiger partial charge in [0.15, 0.2) is 0 Å². The number of anilines is 1. The lowest BCUT2D eigenvalue weighted by Gasteiger charge is -2.36. The van der Waals surface area contributed by atoms with Gasteiger partial charge in [0.1, 0.15) is 0 Å². The van der Waals surface area contributed by atoms with E-state index in [1.165, 1.54) is 0 Å². The summed E-state index contributed by atoms with van der Waals surface area (Å²) in [4.78, 5) is 11.7. The predicted octanol–water partition coefficient (Wildman–Crippen LogP) is 1.74. The van der Waals surface area contributed by atoms with Crippen molar-refractivity contribution in [1.29, 1.82) is 0 Å².